The molecule has 44 heavy (non-hydrogen) atoms. The van der Waals surface area contributed by atoms with Crippen molar-refractivity contribution in [2.24, 2.45) is 0 Å². The number of hydrogen-bond acceptors (Lipinski definition) is 7. The van der Waals surface area contributed by atoms with Gasteiger partial charge in [0.25, 0.3) is 0 Å². The van der Waals surface area contributed by atoms with Crippen LogP contribution in [0.4, 0.5) is 26.3 Å². The number of carboxylic acid groups (broad SMARTS) is 2. The molecule has 2 N–H and O–H groups in total. The quantitative estimate of drug-likeness (QED) is 0.285. The van der Waals surface area contributed by atoms with Crippen molar-refractivity contribution in [3.8, 4) is 17.0 Å². The number of halogens is 6. The Kier molecular flexibility index (Phi) is 11.3. The predicted octanol–water partition coefficient (Wildman–Crippen LogP) is 5.25. The SMILES string of the molecule is COc1ccc(CN2CCOC(c3cn4c(-c5ccncc5)cccc4n3)C2)cc1.O=C(O)C(F)(F)F.O=C(O)C(F)(F)F. The van der Waals surface area contributed by atoms with Crippen LogP contribution < -0.4 is 4.74 Å². The van der Waals surface area contributed by atoms with Crippen molar-refractivity contribution in [2.75, 3.05) is 26.8 Å². The average Bonchev–Trinajstić information content (AvgIpc) is 3.43. The van der Waals surface area contributed by atoms with Crippen LogP contribution in [-0.2, 0) is 20.9 Å². The van der Waals surface area contributed by atoms with E-state index in [0.29, 0.717) is 6.61 Å². The summed E-state index contributed by atoms with van der Waals surface area (Å²) in [4.78, 5) is 29.2. The standard InChI is InChI=1S/C24H24N4O2.2C2HF3O2/c1-29-20-7-5-18(6-8-20)15-27-13-14-30-23(17-27)21-16-28-22(3-2-4-24(28)26-21)19-9-11-25-12-10-19;2*3-2(4,5)1(6)7/h2-12,16,23H,13-15,17H2,1H3;2*(H,6,7). The number of hydrogen-bond donors (Lipinski definition) is 2. The number of aliphatic carboxylic acids is 2. The molecule has 236 valence electrons. The lowest BCUT2D eigenvalue weighted by molar-refractivity contribution is -0.193. The fourth-order valence-electron chi connectivity index (χ4n) is 3.96. The van der Waals surface area contributed by atoms with E-state index in [9.17, 15) is 26.3 Å². The van der Waals surface area contributed by atoms with Gasteiger partial charge in [-0.05, 0) is 42.0 Å². The zero-order chi connectivity index (χ0) is 32.5. The molecule has 4 heterocycles. The summed E-state index contributed by atoms with van der Waals surface area (Å²) in [5, 5.41) is 14.2. The Balaban J connectivity index is 0.000000317. The Morgan fingerprint density at radius 2 is 1.55 bits per heavy atom. The molecule has 1 unspecified atom stereocenters. The van der Waals surface area contributed by atoms with E-state index >= 15 is 0 Å². The first kappa shape index (κ1) is 33.8. The second kappa shape index (κ2) is 14.7. The number of morpholine rings is 1. The first-order valence-electron chi connectivity index (χ1n) is 12.6. The van der Waals surface area contributed by atoms with E-state index in [1.54, 1.807) is 7.11 Å². The highest BCUT2D eigenvalue weighted by Gasteiger charge is 2.38. The third-order valence-corrected chi connectivity index (χ3v) is 6.02. The summed E-state index contributed by atoms with van der Waals surface area (Å²) in [6, 6.07) is 18.5. The van der Waals surface area contributed by atoms with Crippen LogP contribution in [0.15, 0.2) is 73.2 Å². The molecule has 0 bridgehead atoms. The van der Waals surface area contributed by atoms with Crippen molar-refractivity contribution in [1.82, 2.24) is 19.3 Å². The molecule has 1 aliphatic heterocycles. The zero-order valence-corrected chi connectivity index (χ0v) is 22.9. The molecule has 10 nitrogen and oxygen atoms in total. The number of fused-ring (bicyclic) bond motifs is 1. The normalized spacial score (nSPS) is 15.4. The van der Waals surface area contributed by atoms with E-state index in [4.69, 9.17) is 34.3 Å². The molecule has 3 aromatic heterocycles. The van der Waals surface area contributed by atoms with Gasteiger partial charge in [0.15, 0.2) is 0 Å². The van der Waals surface area contributed by atoms with Gasteiger partial charge in [-0.25, -0.2) is 14.6 Å². The lowest BCUT2D eigenvalue weighted by Crippen LogP contribution is -2.37. The number of methoxy groups -OCH3 is 1. The summed E-state index contributed by atoms with van der Waals surface area (Å²) < 4.78 is 77.0. The van der Waals surface area contributed by atoms with Crippen molar-refractivity contribution in [3.05, 3.63) is 84.4 Å². The van der Waals surface area contributed by atoms with Gasteiger partial charge in [0.05, 0.1) is 25.1 Å². The molecule has 0 saturated carbocycles. The van der Waals surface area contributed by atoms with Crippen molar-refractivity contribution < 1.29 is 55.6 Å². The fraction of sp³-hybridized carbons (Fsp3) is 0.286. The van der Waals surface area contributed by atoms with Gasteiger partial charge in [0.2, 0.25) is 0 Å². The number of carbonyl (C=O) groups is 2. The maximum atomic E-state index is 10.6. The Hall–Kier alpha value is -4.70. The van der Waals surface area contributed by atoms with Gasteiger partial charge in [-0.1, -0.05) is 18.2 Å². The Labute approximate surface area is 246 Å². The molecular weight excluding hydrogens is 602 g/mol. The molecule has 1 atom stereocenters. The minimum Gasteiger partial charge on any atom is -0.497 e. The second-order valence-electron chi connectivity index (χ2n) is 9.09. The molecule has 1 aliphatic rings. The van der Waals surface area contributed by atoms with Crippen LogP contribution in [-0.4, -0.2) is 80.6 Å². The van der Waals surface area contributed by atoms with E-state index in [0.717, 1.165) is 48.0 Å². The summed E-state index contributed by atoms with van der Waals surface area (Å²) in [6.07, 6.45) is -4.48. The van der Waals surface area contributed by atoms with Gasteiger partial charge in [0, 0.05) is 43.8 Å². The van der Waals surface area contributed by atoms with E-state index in [1.165, 1.54) is 5.56 Å². The molecule has 5 rings (SSSR count). The van der Waals surface area contributed by atoms with Gasteiger partial charge < -0.3 is 19.7 Å². The number of benzene rings is 1. The van der Waals surface area contributed by atoms with Crippen LogP contribution in [0.2, 0.25) is 0 Å². The first-order chi connectivity index (χ1) is 20.7. The molecule has 0 amide bonds. The number of nitrogens with zero attached hydrogens (tertiary/aromatic N) is 4. The molecule has 1 aromatic carbocycles. The van der Waals surface area contributed by atoms with Crippen LogP contribution in [0.3, 0.4) is 0 Å². The Bertz CT molecular complexity index is 1500. The number of pyridine rings is 2. The van der Waals surface area contributed by atoms with Gasteiger partial charge >= 0.3 is 24.3 Å². The maximum absolute atomic E-state index is 10.6. The minimum atomic E-state index is -5.08. The lowest BCUT2D eigenvalue weighted by atomic mass is 10.1. The second-order valence-corrected chi connectivity index (χ2v) is 9.09. The molecule has 0 aliphatic carbocycles. The number of alkyl halides is 6. The molecule has 1 saturated heterocycles. The molecule has 0 radical (unpaired) electrons. The highest BCUT2D eigenvalue weighted by molar-refractivity contribution is 5.73. The molecule has 16 heteroatoms. The fourth-order valence-corrected chi connectivity index (χ4v) is 3.96. The van der Waals surface area contributed by atoms with Crippen molar-refractivity contribution in [1.29, 1.82) is 0 Å². The maximum Gasteiger partial charge on any atom is 0.490 e. The van der Waals surface area contributed by atoms with Crippen LogP contribution in [0.5, 0.6) is 5.75 Å². The highest BCUT2D eigenvalue weighted by Crippen LogP contribution is 2.27. The number of imidazole rings is 1. The number of ether oxygens (including phenoxy) is 2. The van der Waals surface area contributed by atoms with Crippen molar-refractivity contribution in [2.45, 2.75) is 25.0 Å². The largest absolute Gasteiger partial charge is 0.497 e. The predicted molar refractivity (Wildman–Crippen MR) is 143 cm³/mol. The molecule has 0 spiro atoms. The van der Waals surface area contributed by atoms with Crippen molar-refractivity contribution in [3.63, 3.8) is 0 Å². The average molecular weight is 629 g/mol. The summed E-state index contributed by atoms with van der Waals surface area (Å²) in [6.45, 7) is 3.32. The Morgan fingerprint density at radius 3 is 2.09 bits per heavy atom. The molecule has 1 fully saturated rings. The summed E-state index contributed by atoms with van der Waals surface area (Å²) in [5.41, 5.74) is 5.38. The van der Waals surface area contributed by atoms with E-state index in [-0.39, 0.29) is 6.10 Å². The van der Waals surface area contributed by atoms with Gasteiger partial charge in [-0.2, -0.15) is 26.3 Å². The Morgan fingerprint density at radius 1 is 0.955 bits per heavy atom. The summed E-state index contributed by atoms with van der Waals surface area (Å²) >= 11 is 0. The monoisotopic (exact) mass is 628 g/mol. The number of carboxylic acids is 2. The van der Waals surface area contributed by atoms with Crippen LogP contribution in [0.1, 0.15) is 17.4 Å². The molecular formula is C28H26F6N4O6. The molecule has 4 aromatic rings. The van der Waals surface area contributed by atoms with E-state index < -0.39 is 24.3 Å². The zero-order valence-electron chi connectivity index (χ0n) is 22.9. The first-order valence-corrected chi connectivity index (χ1v) is 12.6. The summed E-state index contributed by atoms with van der Waals surface area (Å²) in [5.74, 6) is -4.63. The highest BCUT2D eigenvalue weighted by atomic mass is 19.4. The van der Waals surface area contributed by atoms with Crippen LogP contribution in [0, 0.1) is 0 Å². The summed E-state index contributed by atoms with van der Waals surface area (Å²) in [7, 11) is 1.69. The van der Waals surface area contributed by atoms with Crippen LogP contribution in [0.25, 0.3) is 16.9 Å². The smallest absolute Gasteiger partial charge is 0.490 e. The van der Waals surface area contributed by atoms with Gasteiger partial charge in [0.1, 0.15) is 17.5 Å². The van der Waals surface area contributed by atoms with E-state index in [1.807, 2.05) is 48.8 Å². The third-order valence-electron chi connectivity index (χ3n) is 6.02. The lowest BCUT2D eigenvalue weighted by Gasteiger charge is -2.32. The van der Waals surface area contributed by atoms with Crippen molar-refractivity contribution >= 4 is 17.6 Å². The third kappa shape index (κ3) is 9.67. The van der Waals surface area contributed by atoms with E-state index in [2.05, 4.69) is 38.7 Å². The topological polar surface area (TPSA) is 126 Å². The minimum absolute atomic E-state index is 0.0396. The number of rotatable bonds is 5. The van der Waals surface area contributed by atoms with Gasteiger partial charge in [-0.15, -0.1) is 0 Å². The van der Waals surface area contributed by atoms with Crippen LogP contribution >= 0.6 is 0 Å². The number of aromatic nitrogens is 3. The van der Waals surface area contributed by atoms with Gasteiger partial charge in [-0.3, -0.25) is 14.3 Å².